The van der Waals surface area contributed by atoms with Crippen LogP contribution in [0.2, 0.25) is 0 Å². The van der Waals surface area contributed by atoms with Crippen LogP contribution >= 0.6 is 0 Å². The molecule has 0 fully saturated rings. The van der Waals surface area contributed by atoms with E-state index in [0.29, 0.717) is 22.7 Å². The molecule has 0 saturated heterocycles. The van der Waals surface area contributed by atoms with Crippen molar-refractivity contribution in [3.8, 4) is 5.75 Å². The third-order valence-corrected chi connectivity index (χ3v) is 5.78. The van der Waals surface area contributed by atoms with Crippen molar-refractivity contribution in [1.29, 1.82) is 0 Å². The Morgan fingerprint density at radius 2 is 1.74 bits per heavy atom. The van der Waals surface area contributed by atoms with Crippen molar-refractivity contribution in [3.63, 3.8) is 0 Å². The Kier molecular flexibility index (Phi) is 5.62. The monoisotopic (exact) mass is 469 g/mol. The number of carbonyl (C=O) groups is 3. The molecule has 0 spiro atoms. The smallest absolute Gasteiger partial charge is 0.262 e. The van der Waals surface area contributed by atoms with E-state index in [9.17, 15) is 18.8 Å². The molecule has 0 bridgehead atoms. The van der Waals surface area contributed by atoms with Gasteiger partial charge >= 0.3 is 0 Å². The number of nitrogens with zero attached hydrogens (tertiary/aromatic N) is 1. The minimum Gasteiger partial charge on any atom is -0.496 e. The predicted octanol–water partition coefficient (Wildman–Crippen LogP) is 5.25. The number of hydrogen-bond acceptors (Lipinski definition) is 4. The zero-order valence-corrected chi connectivity index (χ0v) is 18.7. The Morgan fingerprint density at radius 1 is 0.971 bits per heavy atom. The van der Waals surface area contributed by atoms with Crippen LogP contribution in [0, 0.1) is 5.82 Å². The maximum Gasteiger partial charge on any atom is 0.262 e. The van der Waals surface area contributed by atoms with Crippen molar-refractivity contribution in [3.05, 3.63) is 90.2 Å². The summed E-state index contributed by atoms with van der Waals surface area (Å²) in [6, 6.07) is 21.9. The maximum atomic E-state index is 14.2. The highest BCUT2D eigenvalue weighted by molar-refractivity contribution is 6.21. The normalized spacial score (nSPS) is 13.1. The van der Waals surface area contributed by atoms with Crippen LogP contribution in [0.4, 0.5) is 27.1 Å². The molecule has 8 heteroatoms. The summed E-state index contributed by atoms with van der Waals surface area (Å²) >= 11 is 0. The number of anilines is 4. The molecule has 0 aliphatic carbocycles. The second-order valence-electron chi connectivity index (χ2n) is 7.95. The Hall–Kier alpha value is -4.72. The fourth-order valence-corrected chi connectivity index (χ4v) is 4.18. The highest BCUT2D eigenvalue weighted by atomic mass is 19.1. The van der Waals surface area contributed by atoms with Gasteiger partial charge in [0.2, 0.25) is 11.8 Å². The van der Waals surface area contributed by atoms with Gasteiger partial charge in [-0.1, -0.05) is 36.4 Å². The molecule has 3 amide bonds. The first kappa shape index (κ1) is 22.1. The number of benzene rings is 4. The van der Waals surface area contributed by atoms with E-state index in [1.54, 1.807) is 30.3 Å². The highest BCUT2D eigenvalue weighted by Crippen LogP contribution is 2.40. The molecule has 1 heterocycles. The molecule has 174 valence electrons. The van der Waals surface area contributed by atoms with Crippen molar-refractivity contribution in [2.45, 2.75) is 6.42 Å². The summed E-state index contributed by atoms with van der Waals surface area (Å²) in [6.07, 6.45) is -0.311. The van der Waals surface area contributed by atoms with Gasteiger partial charge in [0.25, 0.3) is 5.91 Å². The average molecular weight is 469 g/mol. The lowest BCUT2D eigenvalue weighted by molar-refractivity contribution is -0.124. The van der Waals surface area contributed by atoms with Gasteiger partial charge in [-0.25, -0.2) is 4.39 Å². The summed E-state index contributed by atoms with van der Waals surface area (Å²) in [5.41, 5.74) is 1.83. The van der Waals surface area contributed by atoms with Crippen molar-refractivity contribution in [2.75, 3.05) is 22.6 Å². The van der Waals surface area contributed by atoms with Gasteiger partial charge in [0.05, 0.1) is 18.5 Å². The molecule has 35 heavy (non-hydrogen) atoms. The molecule has 5 rings (SSSR count). The van der Waals surface area contributed by atoms with E-state index >= 15 is 0 Å². The van der Waals surface area contributed by atoms with E-state index in [2.05, 4.69) is 10.6 Å². The van der Waals surface area contributed by atoms with Crippen molar-refractivity contribution in [1.82, 2.24) is 0 Å². The second-order valence-corrected chi connectivity index (χ2v) is 7.95. The van der Waals surface area contributed by atoms with E-state index < -0.39 is 17.6 Å². The number of amides is 3. The average Bonchev–Trinajstić information content (AvgIpc) is 2.98. The summed E-state index contributed by atoms with van der Waals surface area (Å²) in [5.74, 6) is -2.02. The number of fused-ring (bicyclic) bond motifs is 3. The van der Waals surface area contributed by atoms with Crippen LogP contribution in [0.25, 0.3) is 10.8 Å². The molecule has 0 atom stereocenters. The Labute approximate surface area is 200 Å². The number of rotatable bonds is 4. The van der Waals surface area contributed by atoms with Crippen LogP contribution in [-0.2, 0) is 9.59 Å². The van der Waals surface area contributed by atoms with Crippen molar-refractivity contribution in [2.24, 2.45) is 0 Å². The summed E-state index contributed by atoms with van der Waals surface area (Å²) in [4.78, 5) is 39.6. The summed E-state index contributed by atoms with van der Waals surface area (Å²) < 4.78 is 19.3. The lowest BCUT2D eigenvalue weighted by Gasteiger charge is -2.23. The van der Waals surface area contributed by atoms with Crippen molar-refractivity contribution >= 4 is 51.2 Å². The number of nitrogens with one attached hydrogen (secondary N) is 2. The molecule has 4 aromatic carbocycles. The van der Waals surface area contributed by atoms with Crippen LogP contribution < -0.4 is 20.3 Å². The van der Waals surface area contributed by atoms with E-state index in [1.807, 2.05) is 30.3 Å². The molecular weight excluding hydrogens is 449 g/mol. The molecular formula is C27H20FN3O4. The van der Waals surface area contributed by atoms with Crippen LogP contribution in [0.15, 0.2) is 78.9 Å². The first-order chi connectivity index (χ1) is 17.0. The SMILES string of the molecule is COc1cccc(F)c1C(=O)Nc1ccc(N2C(=O)CC(=O)Nc3c2ccc2ccccc32)cc1. The van der Waals surface area contributed by atoms with Crippen molar-refractivity contribution < 1.29 is 23.5 Å². The van der Waals surface area contributed by atoms with Crippen LogP contribution in [0.5, 0.6) is 5.75 Å². The molecule has 0 radical (unpaired) electrons. The van der Waals surface area contributed by atoms with E-state index in [4.69, 9.17) is 4.74 Å². The quantitative estimate of drug-likeness (QED) is 0.400. The lowest BCUT2D eigenvalue weighted by Crippen LogP contribution is -2.26. The fourth-order valence-electron chi connectivity index (χ4n) is 4.18. The predicted molar refractivity (Wildman–Crippen MR) is 132 cm³/mol. The van der Waals surface area contributed by atoms with E-state index in [0.717, 1.165) is 10.8 Å². The van der Waals surface area contributed by atoms with Crippen LogP contribution in [-0.4, -0.2) is 24.8 Å². The molecule has 7 nitrogen and oxygen atoms in total. The van der Waals surface area contributed by atoms with Gasteiger partial charge in [-0.15, -0.1) is 0 Å². The Bertz CT molecular complexity index is 1480. The van der Waals surface area contributed by atoms with Gasteiger partial charge in [0.1, 0.15) is 23.6 Å². The third kappa shape index (κ3) is 4.06. The van der Waals surface area contributed by atoms with Gasteiger partial charge in [-0.2, -0.15) is 0 Å². The molecule has 4 aromatic rings. The maximum absolute atomic E-state index is 14.2. The molecule has 0 aromatic heterocycles. The van der Waals surface area contributed by atoms with Gasteiger partial charge in [-0.05, 0) is 47.9 Å². The molecule has 2 N–H and O–H groups in total. The standard InChI is InChI=1S/C27H20FN3O4/c1-35-22-8-4-7-20(28)25(22)27(34)29-17-10-12-18(13-11-17)31-21-14-9-16-5-2-3-6-19(16)26(21)30-23(32)15-24(31)33/h2-14H,15H2,1H3,(H,29,34)(H,30,32). The topological polar surface area (TPSA) is 87.7 Å². The van der Waals surface area contributed by atoms with Gasteiger partial charge in [0, 0.05) is 16.8 Å². The third-order valence-electron chi connectivity index (χ3n) is 5.78. The number of methoxy groups -OCH3 is 1. The number of halogens is 1. The first-order valence-electron chi connectivity index (χ1n) is 10.8. The number of ether oxygens (including phenoxy) is 1. The molecule has 1 aliphatic rings. The molecule has 1 aliphatic heterocycles. The van der Waals surface area contributed by atoms with Gasteiger partial charge < -0.3 is 15.4 Å². The highest BCUT2D eigenvalue weighted by Gasteiger charge is 2.28. The lowest BCUT2D eigenvalue weighted by atomic mass is 10.1. The Balaban J connectivity index is 1.49. The van der Waals surface area contributed by atoms with Gasteiger partial charge in [0.15, 0.2) is 0 Å². The zero-order valence-electron chi connectivity index (χ0n) is 18.7. The fraction of sp³-hybridized carbons (Fsp3) is 0.0741. The summed E-state index contributed by atoms with van der Waals surface area (Å²) in [5, 5.41) is 7.26. The minimum atomic E-state index is -0.699. The number of carbonyl (C=O) groups excluding carboxylic acids is 3. The Morgan fingerprint density at radius 3 is 2.51 bits per heavy atom. The van der Waals surface area contributed by atoms with E-state index in [-0.39, 0.29) is 23.6 Å². The van der Waals surface area contributed by atoms with E-state index in [1.165, 1.54) is 30.2 Å². The largest absolute Gasteiger partial charge is 0.496 e. The first-order valence-corrected chi connectivity index (χ1v) is 10.8. The van der Waals surface area contributed by atoms with Crippen LogP contribution in [0.1, 0.15) is 16.8 Å². The van der Waals surface area contributed by atoms with Crippen LogP contribution in [0.3, 0.4) is 0 Å². The van der Waals surface area contributed by atoms with Gasteiger partial charge in [-0.3, -0.25) is 19.3 Å². The summed E-state index contributed by atoms with van der Waals surface area (Å²) in [7, 11) is 1.36. The molecule has 0 saturated carbocycles. The second kappa shape index (κ2) is 8.90. The summed E-state index contributed by atoms with van der Waals surface area (Å²) in [6.45, 7) is 0. The number of hydrogen-bond donors (Lipinski definition) is 2. The molecule has 0 unspecified atom stereocenters. The zero-order chi connectivity index (χ0) is 24.5. The minimum absolute atomic E-state index is 0.121.